The number of rotatable bonds is 2. The van der Waals surface area contributed by atoms with E-state index < -0.39 is 6.10 Å². The molecule has 0 aromatic carbocycles. The Morgan fingerprint density at radius 1 is 1.71 bits per heavy atom. The van der Waals surface area contributed by atoms with Gasteiger partial charge in [-0.1, -0.05) is 19.1 Å². The average Bonchev–Trinajstić information content (AvgIpc) is 1.68. The summed E-state index contributed by atoms with van der Waals surface area (Å²) in [4.78, 5) is 0. The molecule has 0 rings (SSSR count). The van der Waals surface area contributed by atoms with Gasteiger partial charge in [0.2, 0.25) is 0 Å². The normalized spacial score (nSPS) is 15.3. The van der Waals surface area contributed by atoms with Crippen LogP contribution in [0.5, 0.6) is 0 Å². The maximum absolute atomic E-state index is 10.4. The molecule has 0 aliphatic rings. The first-order valence-corrected chi connectivity index (χ1v) is 2.60. The van der Waals surface area contributed by atoms with Crippen molar-refractivity contribution in [2.24, 2.45) is 0 Å². The van der Waals surface area contributed by atoms with Gasteiger partial charge in [-0.3, -0.25) is 0 Å². The highest BCUT2D eigenvalue weighted by molar-refractivity contribution is 4.83. The van der Waals surface area contributed by atoms with Crippen LogP contribution in [-0.2, 0) is 5.11 Å². The van der Waals surface area contributed by atoms with E-state index in [1.807, 2.05) is 13.8 Å². The zero-order valence-corrected chi connectivity index (χ0v) is 4.85. The molecule has 1 atom stereocenters. The largest absolute Gasteiger partial charge is 0.229 e. The van der Waals surface area contributed by atoms with E-state index >= 15 is 0 Å². The molecule has 0 saturated carbocycles. The van der Waals surface area contributed by atoms with Gasteiger partial charge in [-0.15, -0.1) is 0 Å². The van der Waals surface area contributed by atoms with Crippen LogP contribution in [0.25, 0.3) is 0 Å². The van der Waals surface area contributed by atoms with E-state index in [1.54, 1.807) is 12.2 Å². The van der Waals surface area contributed by atoms with E-state index in [2.05, 4.69) is 0 Å². The van der Waals surface area contributed by atoms with Gasteiger partial charge in [-0.2, -0.15) is 0 Å². The Balaban J connectivity index is 3.16. The molecular formula is C6H11O. The summed E-state index contributed by atoms with van der Waals surface area (Å²) < 4.78 is 0. The molecule has 0 fully saturated rings. The molecule has 7 heavy (non-hydrogen) atoms. The molecular weight excluding hydrogens is 88.1 g/mol. The summed E-state index contributed by atoms with van der Waals surface area (Å²) in [7, 11) is 0. The van der Waals surface area contributed by atoms with Crippen LogP contribution in [0.1, 0.15) is 20.3 Å². The summed E-state index contributed by atoms with van der Waals surface area (Å²) in [6, 6.07) is 0. The Labute approximate surface area is 44.7 Å². The van der Waals surface area contributed by atoms with Crippen molar-refractivity contribution in [3.8, 4) is 0 Å². The van der Waals surface area contributed by atoms with Crippen LogP contribution in [0.3, 0.4) is 0 Å². The lowest BCUT2D eigenvalue weighted by Gasteiger charge is -1.91. The van der Waals surface area contributed by atoms with Crippen molar-refractivity contribution in [2.75, 3.05) is 0 Å². The van der Waals surface area contributed by atoms with Gasteiger partial charge in [-0.25, -0.2) is 5.11 Å². The Kier molecular flexibility index (Phi) is 3.71. The maximum Gasteiger partial charge on any atom is 0.111 e. The fourth-order valence-corrected chi connectivity index (χ4v) is 0.351. The Bertz CT molecular complexity index is 57.2. The number of hydrogen-bond donors (Lipinski definition) is 0. The average molecular weight is 99.2 g/mol. The van der Waals surface area contributed by atoms with Crippen LogP contribution in [0.2, 0.25) is 0 Å². The predicted molar refractivity (Wildman–Crippen MR) is 29.6 cm³/mol. The van der Waals surface area contributed by atoms with Crippen molar-refractivity contribution >= 4 is 0 Å². The molecule has 0 heterocycles. The minimum atomic E-state index is -0.481. The number of hydrogen-bond acceptors (Lipinski definition) is 0. The molecule has 0 saturated heterocycles. The van der Waals surface area contributed by atoms with Crippen LogP contribution < -0.4 is 0 Å². The SMILES string of the molecule is C/C=C/C([O])CC. The second-order valence-corrected chi connectivity index (χ2v) is 1.47. The second kappa shape index (κ2) is 3.88. The molecule has 1 heteroatoms. The molecule has 0 spiro atoms. The van der Waals surface area contributed by atoms with Crippen molar-refractivity contribution in [1.82, 2.24) is 0 Å². The molecule has 0 amide bonds. The summed E-state index contributed by atoms with van der Waals surface area (Å²) in [5.74, 6) is 0. The van der Waals surface area contributed by atoms with Gasteiger partial charge < -0.3 is 0 Å². The Morgan fingerprint density at radius 3 is 2.43 bits per heavy atom. The number of allylic oxidation sites excluding steroid dienone is 1. The molecule has 0 bridgehead atoms. The van der Waals surface area contributed by atoms with Crippen LogP contribution in [0.4, 0.5) is 0 Å². The molecule has 41 valence electrons. The summed E-state index contributed by atoms with van der Waals surface area (Å²) in [5, 5.41) is 10.4. The van der Waals surface area contributed by atoms with Gasteiger partial charge >= 0.3 is 0 Å². The van der Waals surface area contributed by atoms with Gasteiger partial charge in [0, 0.05) is 0 Å². The first-order chi connectivity index (χ1) is 3.31. The molecule has 1 unspecified atom stereocenters. The van der Waals surface area contributed by atoms with Gasteiger partial charge in [0.25, 0.3) is 0 Å². The zero-order valence-electron chi connectivity index (χ0n) is 4.85. The zero-order chi connectivity index (χ0) is 5.70. The highest BCUT2D eigenvalue weighted by Gasteiger charge is 1.91. The van der Waals surface area contributed by atoms with E-state index in [0.717, 1.165) is 0 Å². The van der Waals surface area contributed by atoms with Gasteiger partial charge in [-0.05, 0) is 13.3 Å². The van der Waals surface area contributed by atoms with Crippen LogP contribution in [-0.4, -0.2) is 6.10 Å². The Morgan fingerprint density at radius 2 is 2.29 bits per heavy atom. The van der Waals surface area contributed by atoms with Crippen molar-refractivity contribution in [3.05, 3.63) is 12.2 Å². The van der Waals surface area contributed by atoms with Crippen molar-refractivity contribution < 1.29 is 5.11 Å². The van der Waals surface area contributed by atoms with Crippen molar-refractivity contribution in [2.45, 2.75) is 26.4 Å². The smallest absolute Gasteiger partial charge is 0.111 e. The van der Waals surface area contributed by atoms with E-state index in [0.29, 0.717) is 6.42 Å². The quantitative estimate of drug-likeness (QED) is 0.470. The Hall–Kier alpha value is -0.300. The highest BCUT2D eigenvalue weighted by Crippen LogP contribution is 1.90. The molecule has 1 nitrogen and oxygen atoms in total. The minimum Gasteiger partial charge on any atom is -0.229 e. The monoisotopic (exact) mass is 99.1 g/mol. The fourth-order valence-electron chi connectivity index (χ4n) is 0.351. The third kappa shape index (κ3) is 3.53. The summed E-state index contributed by atoms with van der Waals surface area (Å²) in [5.41, 5.74) is 0. The van der Waals surface area contributed by atoms with Crippen LogP contribution >= 0.6 is 0 Å². The predicted octanol–water partition coefficient (Wildman–Crippen LogP) is 1.77. The van der Waals surface area contributed by atoms with Gasteiger partial charge in [0.15, 0.2) is 0 Å². The molecule has 0 aliphatic carbocycles. The van der Waals surface area contributed by atoms with Crippen LogP contribution in [0.15, 0.2) is 12.2 Å². The molecule has 0 aliphatic heterocycles. The minimum absolute atomic E-state index is 0.481. The van der Waals surface area contributed by atoms with Crippen molar-refractivity contribution in [3.63, 3.8) is 0 Å². The maximum atomic E-state index is 10.4. The topological polar surface area (TPSA) is 19.9 Å². The van der Waals surface area contributed by atoms with Gasteiger partial charge in [0.1, 0.15) is 6.10 Å². The van der Waals surface area contributed by atoms with Gasteiger partial charge in [0.05, 0.1) is 0 Å². The van der Waals surface area contributed by atoms with Crippen molar-refractivity contribution in [1.29, 1.82) is 0 Å². The third-order valence-electron chi connectivity index (χ3n) is 0.809. The van der Waals surface area contributed by atoms with Crippen LogP contribution in [0, 0.1) is 0 Å². The summed E-state index contributed by atoms with van der Waals surface area (Å²) in [6.45, 7) is 3.75. The van der Waals surface area contributed by atoms with E-state index in [4.69, 9.17) is 0 Å². The lowest BCUT2D eigenvalue weighted by Crippen LogP contribution is -1.94. The molecule has 1 radical (unpaired) electrons. The summed E-state index contributed by atoms with van der Waals surface area (Å²) >= 11 is 0. The lowest BCUT2D eigenvalue weighted by atomic mass is 10.3. The standard InChI is InChI=1S/C6H11O/c1-3-5-6(7)4-2/h3,5-6H,4H2,1-2H3/b5-3+. The molecule has 0 N–H and O–H groups in total. The first-order valence-electron chi connectivity index (χ1n) is 2.60. The summed E-state index contributed by atoms with van der Waals surface area (Å²) in [6.07, 6.45) is 3.68. The highest BCUT2D eigenvalue weighted by atomic mass is 16.3. The third-order valence-corrected chi connectivity index (χ3v) is 0.809. The first kappa shape index (κ1) is 6.70. The van der Waals surface area contributed by atoms with E-state index in [9.17, 15) is 5.11 Å². The fraction of sp³-hybridized carbons (Fsp3) is 0.667. The van der Waals surface area contributed by atoms with E-state index in [-0.39, 0.29) is 0 Å². The lowest BCUT2D eigenvalue weighted by molar-refractivity contribution is 0.126. The van der Waals surface area contributed by atoms with E-state index in [1.165, 1.54) is 0 Å². The molecule has 0 aromatic rings. The molecule has 0 aromatic heterocycles. The second-order valence-electron chi connectivity index (χ2n) is 1.47.